The fourth-order valence-corrected chi connectivity index (χ4v) is 2.95. The molecule has 23 heavy (non-hydrogen) atoms. The van der Waals surface area contributed by atoms with Crippen molar-refractivity contribution in [2.75, 3.05) is 11.9 Å². The minimum absolute atomic E-state index is 0.123. The van der Waals surface area contributed by atoms with Crippen molar-refractivity contribution in [1.29, 1.82) is 0 Å². The van der Waals surface area contributed by atoms with Gasteiger partial charge in [-0.05, 0) is 44.2 Å². The minimum atomic E-state index is -0.544. The van der Waals surface area contributed by atoms with E-state index in [-0.39, 0.29) is 12.1 Å². The van der Waals surface area contributed by atoms with E-state index in [1.807, 2.05) is 13.8 Å². The number of halogens is 2. The van der Waals surface area contributed by atoms with Crippen LogP contribution < -0.4 is 5.32 Å². The zero-order valence-corrected chi connectivity index (χ0v) is 15.8. The Morgan fingerprint density at radius 1 is 1.30 bits per heavy atom. The zero-order valence-electron chi connectivity index (χ0n) is 12.6. The van der Waals surface area contributed by atoms with E-state index in [4.69, 9.17) is 4.74 Å². The molecule has 0 aliphatic rings. The average Bonchev–Trinajstić information content (AvgIpc) is 2.46. The first-order valence-corrected chi connectivity index (χ1v) is 8.38. The molecule has 0 saturated heterocycles. The average molecular weight is 452 g/mol. The van der Waals surface area contributed by atoms with Gasteiger partial charge in [-0.1, -0.05) is 13.8 Å². The number of anilines is 1. The molecule has 0 unspecified atom stereocenters. The molecule has 9 heteroatoms. The van der Waals surface area contributed by atoms with Gasteiger partial charge in [0.2, 0.25) is 0 Å². The Morgan fingerprint density at radius 3 is 2.35 bits per heavy atom. The van der Waals surface area contributed by atoms with Crippen LogP contribution in [-0.4, -0.2) is 23.4 Å². The molecule has 7 nitrogen and oxygen atoms in total. The van der Waals surface area contributed by atoms with Crippen LogP contribution in [-0.2, 0) is 14.3 Å². The summed E-state index contributed by atoms with van der Waals surface area (Å²) in [5.41, 5.74) is 0.209. The molecule has 1 rings (SSSR count). The Kier molecular flexibility index (Phi) is 7.63. The van der Waals surface area contributed by atoms with Crippen molar-refractivity contribution in [3.63, 3.8) is 0 Å². The predicted molar refractivity (Wildman–Crippen MR) is 92.2 cm³/mol. The van der Waals surface area contributed by atoms with Crippen LogP contribution in [0, 0.1) is 16.0 Å². The first kappa shape index (κ1) is 19.6. The Hall–Kier alpha value is -1.48. The molecule has 0 saturated carbocycles. The number of non-ortho nitro benzene ring substituents is 1. The van der Waals surface area contributed by atoms with Crippen molar-refractivity contribution in [3.8, 4) is 0 Å². The molecular formula is C14H16Br2N2O5. The number of nitro benzene ring substituents is 1. The lowest BCUT2D eigenvalue weighted by atomic mass is 10.1. The van der Waals surface area contributed by atoms with Crippen molar-refractivity contribution < 1.29 is 19.2 Å². The van der Waals surface area contributed by atoms with Crippen molar-refractivity contribution in [1.82, 2.24) is 0 Å². The topological polar surface area (TPSA) is 98.5 Å². The van der Waals surface area contributed by atoms with E-state index < -0.39 is 23.4 Å². The highest BCUT2D eigenvalue weighted by Gasteiger charge is 2.16. The lowest BCUT2D eigenvalue weighted by Gasteiger charge is -2.10. The molecule has 1 aromatic carbocycles. The molecule has 126 valence electrons. The lowest BCUT2D eigenvalue weighted by Crippen LogP contribution is -2.21. The van der Waals surface area contributed by atoms with Gasteiger partial charge in [0.25, 0.3) is 11.6 Å². The van der Waals surface area contributed by atoms with Crippen LogP contribution in [0.2, 0.25) is 0 Å². The van der Waals surface area contributed by atoms with E-state index in [9.17, 15) is 19.7 Å². The maximum absolute atomic E-state index is 11.8. The number of amides is 1. The van der Waals surface area contributed by atoms with Gasteiger partial charge in [-0.3, -0.25) is 19.7 Å². The summed E-state index contributed by atoms with van der Waals surface area (Å²) < 4.78 is 5.57. The number of rotatable bonds is 7. The Balaban J connectivity index is 2.61. The number of carbonyl (C=O) groups excluding carboxylic acids is 2. The molecule has 0 aliphatic carbocycles. The molecule has 1 amide bonds. The Labute approximate surface area is 150 Å². The summed E-state index contributed by atoms with van der Waals surface area (Å²) >= 11 is 6.32. The van der Waals surface area contributed by atoms with E-state index in [0.29, 0.717) is 27.0 Å². The predicted octanol–water partition coefficient (Wildman–Crippen LogP) is 4.04. The van der Waals surface area contributed by atoms with E-state index in [2.05, 4.69) is 37.2 Å². The highest BCUT2D eigenvalue weighted by atomic mass is 79.9. The van der Waals surface area contributed by atoms with Crippen molar-refractivity contribution >= 4 is 55.1 Å². The van der Waals surface area contributed by atoms with E-state index in [1.165, 1.54) is 12.1 Å². The molecule has 0 fully saturated rings. The fraction of sp³-hybridized carbons (Fsp3) is 0.429. The van der Waals surface area contributed by atoms with Crippen LogP contribution in [0.5, 0.6) is 0 Å². The number of hydrogen-bond acceptors (Lipinski definition) is 5. The first-order chi connectivity index (χ1) is 10.7. The van der Waals surface area contributed by atoms with Gasteiger partial charge in [0.1, 0.15) is 0 Å². The number of hydrogen-bond donors (Lipinski definition) is 1. The Bertz CT molecular complexity index is 596. The number of nitrogens with one attached hydrogen (secondary N) is 1. The quantitative estimate of drug-likeness (QED) is 0.383. The van der Waals surface area contributed by atoms with Crippen LogP contribution >= 0.6 is 31.9 Å². The first-order valence-electron chi connectivity index (χ1n) is 6.79. The molecule has 0 heterocycles. The van der Waals surface area contributed by atoms with Crippen LogP contribution in [0.3, 0.4) is 0 Å². The maximum Gasteiger partial charge on any atom is 0.306 e. The second-order valence-electron chi connectivity index (χ2n) is 5.18. The van der Waals surface area contributed by atoms with Gasteiger partial charge in [-0.2, -0.15) is 0 Å². The van der Waals surface area contributed by atoms with Gasteiger partial charge >= 0.3 is 5.97 Å². The third kappa shape index (κ3) is 6.66. The van der Waals surface area contributed by atoms with Crippen LogP contribution in [0.1, 0.15) is 26.7 Å². The third-order valence-corrected chi connectivity index (χ3v) is 4.04. The van der Waals surface area contributed by atoms with E-state index in [0.717, 1.165) is 0 Å². The smallest absolute Gasteiger partial charge is 0.306 e. The van der Waals surface area contributed by atoms with Crippen LogP contribution in [0.15, 0.2) is 21.1 Å². The van der Waals surface area contributed by atoms with Gasteiger partial charge in [-0.25, -0.2) is 0 Å². The summed E-state index contributed by atoms with van der Waals surface area (Å²) in [6.45, 7) is 3.57. The minimum Gasteiger partial charge on any atom is -0.456 e. The molecule has 1 N–H and O–H groups in total. The van der Waals surface area contributed by atoms with Gasteiger partial charge < -0.3 is 10.1 Å². The zero-order chi connectivity index (χ0) is 17.6. The number of esters is 1. The fourth-order valence-electron chi connectivity index (χ4n) is 1.58. The van der Waals surface area contributed by atoms with Gasteiger partial charge in [-0.15, -0.1) is 0 Å². The van der Waals surface area contributed by atoms with Crippen molar-refractivity contribution in [2.24, 2.45) is 5.92 Å². The highest BCUT2D eigenvalue weighted by Crippen LogP contribution is 2.35. The maximum atomic E-state index is 11.8. The second kappa shape index (κ2) is 8.97. The normalized spacial score (nSPS) is 10.5. The van der Waals surface area contributed by atoms with Crippen LogP contribution in [0.4, 0.5) is 11.4 Å². The molecule has 1 aromatic rings. The van der Waals surface area contributed by atoms with Gasteiger partial charge in [0.05, 0.1) is 10.6 Å². The summed E-state index contributed by atoms with van der Waals surface area (Å²) in [5.74, 6) is -0.586. The lowest BCUT2D eigenvalue weighted by molar-refractivity contribution is -0.385. The van der Waals surface area contributed by atoms with Crippen molar-refractivity contribution in [2.45, 2.75) is 26.7 Å². The largest absolute Gasteiger partial charge is 0.456 e. The van der Waals surface area contributed by atoms with Crippen LogP contribution in [0.25, 0.3) is 0 Å². The third-order valence-electron chi connectivity index (χ3n) is 2.79. The number of nitro groups is 1. The summed E-state index contributed by atoms with van der Waals surface area (Å²) in [6, 6.07) is 2.55. The highest BCUT2D eigenvalue weighted by molar-refractivity contribution is 9.11. The number of benzene rings is 1. The summed E-state index contributed by atoms with van der Waals surface area (Å²) in [4.78, 5) is 33.5. The monoisotopic (exact) mass is 450 g/mol. The molecule has 0 spiro atoms. The molecular weight excluding hydrogens is 436 g/mol. The summed E-state index contributed by atoms with van der Waals surface area (Å²) in [7, 11) is 0. The SMILES string of the molecule is CC(C)CCC(=O)OCC(=O)Nc1c(Br)cc([N+](=O)[O-])cc1Br. The molecule has 0 radical (unpaired) electrons. The second-order valence-corrected chi connectivity index (χ2v) is 6.89. The summed E-state index contributed by atoms with van der Waals surface area (Å²) in [6.07, 6.45) is 0.954. The molecule has 0 bridgehead atoms. The van der Waals surface area contributed by atoms with E-state index in [1.54, 1.807) is 0 Å². The molecule has 0 aromatic heterocycles. The number of nitrogens with zero attached hydrogens (tertiary/aromatic N) is 1. The Morgan fingerprint density at radius 2 is 1.87 bits per heavy atom. The standard InChI is InChI=1S/C14H16Br2N2O5/c1-8(2)3-4-13(20)23-7-12(19)17-14-10(15)5-9(18(21)22)6-11(14)16/h5-6,8H,3-4,7H2,1-2H3,(H,17,19). The molecule has 0 atom stereocenters. The molecule has 0 aliphatic heterocycles. The van der Waals surface area contributed by atoms with Crippen molar-refractivity contribution in [3.05, 3.63) is 31.2 Å². The summed E-state index contributed by atoms with van der Waals surface area (Å²) in [5, 5.41) is 13.3. The number of carbonyl (C=O) groups is 2. The van der Waals surface area contributed by atoms with Gasteiger partial charge in [0.15, 0.2) is 6.61 Å². The van der Waals surface area contributed by atoms with E-state index >= 15 is 0 Å². The number of ether oxygens (including phenoxy) is 1. The van der Waals surface area contributed by atoms with Gasteiger partial charge in [0, 0.05) is 27.5 Å².